The Kier molecular flexibility index (Phi) is 5.79. The van der Waals surface area contributed by atoms with E-state index in [2.05, 4.69) is 16.6 Å². The minimum atomic E-state index is -0.852. The Hall–Kier alpha value is -2.48. The van der Waals surface area contributed by atoms with Crippen LogP contribution in [-0.4, -0.2) is 24.1 Å². The lowest BCUT2D eigenvalue weighted by Crippen LogP contribution is -2.42. The molecule has 1 aromatic carbocycles. The molecule has 0 aliphatic rings. The van der Waals surface area contributed by atoms with Crippen LogP contribution in [0.2, 0.25) is 0 Å². The molecule has 21 heavy (non-hydrogen) atoms. The van der Waals surface area contributed by atoms with Gasteiger partial charge in [-0.15, -0.1) is 6.42 Å². The first kappa shape index (κ1) is 16.6. The quantitative estimate of drug-likeness (QED) is 0.833. The van der Waals surface area contributed by atoms with Crippen molar-refractivity contribution in [3.8, 4) is 12.3 Å². The molecule has 112 valence electrons. The van der Waals surface area contributed by atoms with Crippen LogP contribution in [0.5, 0.6) is 0 Å². The number of hydrogen-bond donors (Lipinski definition) is 2. The topological polar surface area (TPSA) is 67.4 Å². The van der Waals surface area contributed by atoms with Crippen LogP contribution in [-0.2, 0) is 9.53 Å². The van der Waals surface area contributed by atoms with Gasteiger partial charge in [0.1, 0.15) is 11.6 Å². The van der Waals surface area contributed by atoms with Crippen LogP contribution in [0.1, 0.15) is 32.4 Å². The maximum atomic E-state index is 12.1. The molecular weight excluding hydrogens is 268 g/mol. The molecule has 1 aromatic rings. The van der Waals surface area contributed by atoms with E-state index >= 15 is 0 Å². The van der Waals surface area contributed by atoms with Crippen LogP contribution < -0.4 is 10.6 Å². The fourth-order valence-corrected chi connectivity index (χ4v) is 1.61. The summed E-state index contributed by atoms with van der Waals surface area (Å²) in [5.41, 5.74) is 0.0125. The zero-order valence-corrected chi connectivity index (χ0v) is 12.5. The Bertz CT molecular complexity index is 527. The van der Waals surface area contributed by atoms with Gasteiger partial charge in [-0.3, -0.25) is 4.79 Å². The average molecular weight is 288 g/mol. The summed E-state index contributed by atoms with van der Waals surface area (Å²) in [4.78, 5) is 24.0. The fraction of sp³-hybridized carbons (Fsp3) is 0.375. The number of alkyl carbamates (subject to hydrolysis) is 1. The largest absolute Gasteiger partial charge is 0.444 e. The molecule has 1 atom stereocenters. The van der Waals surface area contributed by atoms with Gasteiger partial charge in [0.2, 0.25) is 5.91 Å². The van der Waals surface area contributed by atoms with Crippen LogP contribution in [0.3, 0.4) is 0 Å². The van der Waals surface area contributed by atoms with Crippen molar-refractivity contribution < 1.29 is 14.3 Å². The van der Waals surface area contributed by atoms with Gasteiger partial charge in [-0.1, -0.05) is 36.3 Å². The van der Waals surface area contributed by atoms with E-state index in [1.54, 1.807) is 45.0 Å². The number of hydrogen-bond acceptors (Lipinski definition) is 3. The first-order valence-corrected chi connectivity index (χ1v) is 6.59. The van der Waals surface area contributed by atoms with Crippen LogP contribution in [0, 0.1) is 12.3 Å². The van der Waals surface area contributed by atoms with Gasteiger partial charge >= 0.3 is 6.09 Å². The van der Waals surface area contributed by atoms with Crippen molar-refractivity contribution in [1.29, 1.82) is 0 Å². The Morgan fingerprint density at radius 2 is 1.90 bits per heavy atom. The zero-order valence-electron chi connectivity index (χ0n) is 12.5. The number of ether oxygens (including phenoxy) is 1. The van der Waals surface area contributed by atoms with E-state index in [4.69, 9.17) is 11.2 Å². The standard InChI is InChI=1S/C16H20N2O3/c1-5-11-17-14(19)13(12-9-7-6-8-10-12)18-15(20)21-16(2,3)4/h1,6-10,13H,11H2,2-4H3,(H,17,19)(H,18,20). The predicted octanol–water partition coefficient (Wildman–Crippen LogP) is 2.00. The van der Waals surface area contributed by atoms with E-state index < -0.39 is 17.7 Å². The van der Waals surface area contributed by atoms with Crippen molar-refractivity contribution in [3.05, 3.63) is 35.9 Å². The summed E-state index contributed by atoms with van der Waals surface area (Å²) in [6.45, 7) is 5.35. The number of amides is 2. The summed E-state index contributed by atoms with van der Waals surface area (Å²) >= 11 is 0. The van der Waals surface area contributed by atoms with Crippen LogP contribution in [0.15, 0.2) is 30.3 Å². The molecule has 2 amide bonds. The summed E-state index contributed by atoms with van der Waals surface area (Å²) in [6.07, 6.45) is 4.46. The number of rotatable bonds is 4. The van der Waals surface area contributed by atoms with Gasteiger partial charge in [-0.25, -0.2) is 4.79 Å². The van der Waals surface area contributed by atoms with Crippen molar-refractivity contribution in [1.82, 2.24) is 10.6 Å². The highest BCUT2D eigenvalue weighted by molar-refractivity contribution is 5.87. The summed E-state index contributed by atoms with van der Waals surface area (Å²) in [6, 6.07) is 8.04. The van der Waals surface area contributed by atoms with Crippen LogP contribution >= 0.6 is 0 Å². The van der Waals surface area contributed by atoms with Crippen molar-refractivity contribution in [2.75, 3.05) is 6.54 Å². The highest BCUT2D eigenvalue weighted by Gasteiger charge is 2.25. The van der Waals surface area contributed by atoms with Gasteiger partial charge in [0, 0.05) is 0 Å². The van der Waals surface area contributed by atoms with Gasteiger partial charge in [0.05, 0.1) is 6.54 Å². The average Bonchev–Trinajstić information content (AvgIpc) is 2.41. The Morgan fingerprint density at radius 1 is 1.29 bits per heavy atom. The zero-order chi connectivity index (χ0) is 15.9. The molecule has 2 N–H and O–H groups in total. The maximum absolute atomic E-state index is 12.1. The molecule has 1 rings (SSSR count). The van der Waals surface area contributed by atoms with Gasteiger partial charge in [0.15, 0.2) is 0 Å². The molecule has 0 aliphatic carbocycles. The van der Waals surface area contributed by atoms with E-state index in [-0.39, 0.29) is 12.5 Å². The van der Waals surface area contributed by atoms with E-state index in [1.165, 1.54) is 0 Å². The van der Waals surface area contributed by atoms with Gasteiger partial charge in [-0.05, 0) is 26.3 Å². The second kappa shape index (κ2) is 7.34. The second-order valence-corrected chi connectivity index (χ2v) is 5.41. The van der Waals surface area contributed by atoms with Gasteiger partial charge < -0.3 is 15.4 Å². The summed E-state index contributed by atoms with van der Waals surface area (Å²) in [7, 11) is 0. The molecule has 5 heteroatoms. The molecule has 0 fully saturated rings. The van der Waals surface area contributed by atoms with Crippen molar-refractivity contribution in [2.24, 2.45) is 0 Å². The summed E-state index contributed by atoms with van der Waals surface area (Å²) in [5, 5.41) is 5.11. The molecule has 0 radical (unpaired) electrons. The highest BCUT2D eigenvalue weighted by atomic mass is 16.6. The predicted molar refractivity (Wildman–Crippen MR) is 80.4 cm³/mol. The Morgan fingerprint density at radius 3 is 2.43 bits per heavy atom. The fourth-order valence-electron chi connectivity index (χ4n) is 1.61. The SMILES string of the molecule is C#CCNC(=O)C(NC(=O)OC(C)(C)C)c1ccccc1. The molecule has 1 unspecified atom stereocenters. The lowest BCUT2D eigenvalue weighted by atomic mass is 10.1. The molecule has 5 nitrogen and oxygen atoms in total. The summed E-state index contributed by atoms with van der Waals surface area (Å²) < 4.78 is 5.17. The minimum absolute atomic E-state index is 0.0954. The van der Waals surface area contributed by atoms with E-state index in [9.17, 15) is 9.59 Å². The minimum Gasteiger partial charge on any atom is -0.444 e. The Balaban J connectivity index is 2.85. The van der Waals surface area contributed by atoms with Crippen LogP contribution in [0.4, 0.5) is 4.79 Å². The number of nitrogens with one attached hydrogen (secondary N) is 2. The Labute approximate surface area is 125 Å². The molecule has 0 aromatic heterocycles. The van der Waals surface area contributed by atoms with Crippen molar-refractivity contribution >= 4 is 12.0 Å². The number of terminal acetylenes is 1. The van der Waals surface area contributed by atoms with Crippen LogP contribution in [0.25, 0.3) is 0 Å². The summed E-state index contributed by atoms with van der Waals surface area (Å²) in [5.74, 6) is 1.94. The lowest BCUT2D eigenvalue weighted by molar-refractivity contribution is -0.123. The van der Waals surface area contributed by atoms with E-state index in [1.807, 2.05) is 6.07 Å². The number of carbonyl (C=O) groups excluding carboxylic acids is 2. The lowest BCUT2D eigenvalue weighted by Gasteiger charge is -2.23. The third-order valence-electron chi connectivity index (χ3n) is 2.42. The molecule has 0 spiro atoms. The molecule has 0 saturated heterocycles. The first-order valence-electron chi connectivity index (χ1n) is 6.59. The first-order chi connectivity index (χ1) is 9.83. The van der Waals surface area contributed by atoms with Crippen molar-refractivity contribution in [2.45, 2.75) is 32.4 Å². The van der Waals surface area contributed by atoms with Crippen molar-refractivity contribution in [3.63, 3.8) is 0 Å². The normalized spacial score (nSPS) is 11.9. The number of carbonyl (C=O) groups is 2. The van der Waals surface area contributed by atoms with Gasteiger partial charge in [-0.2, -0.15) is 0 Å². The monoisotopic (exact) mass is 288 g/mol. The van der Waals surface area contributed by atoms with E-state index in [0.29, 0.717) is 5.56 Å². The van der Waals surface area contributed by atoms with E-state index in [0.717, 1.165) is 0 Å². The molecule has 0 heterocycles. The van der Waals surface area contributed by atoms with Gasteiger partial charge in [0.25, 0.3) is 0 Å². The molecule has 0 aliphatic heterocycles. The smallest absolute Gasteiger partial charge is 0.408 e. The second-order valence-electron chi connectivity index (χ2n) is 5.41. The highest BCUT2D eigenvalue weighted by Crippen LogP contribution is 2.14. The third-order valence-corrected chi connectivity index (χ3v) is 2.42. The third kappa shape index (κ3) is 6.00. The molecule has 0 bridgehead atoms. The molecule has 0 saturated carbocycles. The number of benzene rings is 1. The maximum Gasteiger partial charge on any atom is 0.408 e. The molecular formula is C16H20N2O3.